The number of ether oxygens (including phenoxy) is 1. The lowest BCUT2D eigenvalue weighted by molar-refractivity contribution is -0.123. The molecule has 1 unspecified atom stereocenters. The van der Waals surface area contributed by atoms with Gasteiger partial charge < -0.3 is 20.3 Å². The molecule has 0 aromatic heterocycles. The van der Waals surface area contributed by atoms with Gasteiger partial charge in [0.2, 0.25) is 5.91 Å². The lowest BCUT2D eigenvalue weighted by Gasteiger charge is -2.44. The van der Waals surface area contributed by atoms with Gasteiger partial charge in [0.25, 0.3) is 5.91 Å². The summed E-state index contributed by atoms with van der Waals surface area (Å²) in [6.07, 6.45) is 9.51. The zero-order valence-electron chi connectivity index (χ0n) is 24.8. The summed E-state index contributed by atoms with van der Waals surface area (Å²) in [6.45, 7) is 5.42. The van der Waals surface area contributed by atoms with Crippen molar-refractivity contribution >= 4 is 23.1 Å². The van der Waals surface area contributed by atoms with E-state index in [0.717, 1.165) is 24.8 Å². The Morgan fingerprint density at radius 2 is 1.86 bits per heavy atom. The molecule has 2 N–H and O–H groups in total. The summed E-state index contributed by atoms with van der Waals surface area (Å²) in [6, 6.07) is 10.0. The van der Waals surface area contributed by atoms with Crippen LogP contribution in [0, 0.1) is 24.6 Å². The van der Waals surface area contributed by atoms with Crippen molar-refractivity contribution in [3.05, 3.63) is 94.2 Å². The minimum absolute atomic E-state index is 0.00659. The van der Waals surface area contributed by atoms with E-state index in [0.29, 0.717) is 49.5 Å². The van der Waals surface area contributed by atoms with E-state index in [2.05, 4.69) is 23.6 Å². The number of carbonyl (C=O) groups is 2. The minimum atomic E-state index is -0.636. The van der Waals surface area contributed by atoms with Crippen LogP contribution in [0.4, 0.5) is 14.5 Å². The summed E-state index contributed by atoms with van der Waals surface area (Å²) < 4.78 is 36.1. The van der Waals surface area contributed by atoms with E-state index in [9.17, 15) is 9.59 Å². The Labute approximate surface area is 251 Å². The van der Waals surface area contributed by atoms with E-state index in [-0.39, 0.29) is 29.8 Å². The number of benzene rings is 2. The molecule has 0 saturated carbocycles. The summed E-state index contributed by atoms with van der Waals surface area (Å²) in [7, 11) is 0. The Balaban J connectivity index is 1.29. The summed E-state index contributed by atoms with van der Waals surface area (Å²) in [5.41, 5.74) is 5.21. The van der Waals surface area contributed by atoms with Crippen LogP contribution in [0.1, 0.15) is 66.1 Å². The molecule has 2 amide bonds. The molecule has 2 aliphatic heterocycles. The summed E-state index contributed by atoms with van der Waals surface area (Å²) in [5.74, 6) is -2.60. The zero-order chi connectivity index (χ0) is 30.1. The fraction of sp³-hybridized carbons (Fsp3) is 0.429. The molecule has 2 saturated heterocycles. The molecular weight excluding hydrogens is 548 g/mol. The van der Waals surface area contributed by atoms with Crippen molar-refractivity contribution in [2.75, 3.05) is 25.1 Å². The number of hydrogen-bond donors (Lipinski definition) is 2. The third kappa shape index (κ3) is 6.03. The predicted molar refractivity (Wildman–Crippen MR) is 163 cm³/mol. The third-order valence-corrected chi connectivity index (χ3v) is 9.39. The molecule has 0 radical (unpaired) electrons. The van der Waals surface area contributed by atoms with Gasteiger partial charge >= 0.3 is 0 Å². The molecule has 6 nitrogen and oxygen atoms in total. The average Bonchev–Trinajstić information content (AvgIpc) is 3.37. The zero-order valence-corrected chi connectivity index (χ0v) is 24.8. The Morgan fingerprint density at radius 1 is 1.05 bits per heavy atom. The number of nitrogens with zero attached hydrogens (tertiary/aromatic N) is 1. The minimum Gasteiger partial charge on any atom is -0.381 e. The molecule has 2 aromatic rings. The molecule has 43 heavy (non-hydrogen) atoms. The van der Waals surface area contributed by atoms with Crippen LogP contribution in [-0.4, -0.2) is 48.6 Å². The molecule has 8 heteroatoms. The van der Waals surface area contributed by atoms with E-state index in [1.165, 1.54) is 17.2 Å². The molecule has 2 fully saturated rings. The number of nitrogens with one attached hydrogen (secondary N) is 2. The van der Waals surface area contributed by atoms with Gasteiger partial charge in [-0.3, -0.25) is 9.59 Å². The quantitative estimate of drug-likeness (QED) is 0.406. The maximum Gasteiger partial charge on any atom is 0.257 e. The standard InChI is InChI=1S/C35H39F2N3O3/c1-21-8-9-23-10-12-26(20-28(21)23)39-34(41)27-6-4-16-40(35(42)32-22(2)5-3-7-29(32)36)33(27)24-11-13-31(30(37)19-24)38-25-14-17-43-18-15-25/h3,5,7-8,10-13,20,24-25,27,33,38H,4,6,9,14-19H2,1-2H3,(H,39,41)/t24?,27-,33-/m0/s1. The second-order valence-corrected chi connectivity index (χ2v) is 12.2. The number of carbonyl (C=O) groups excluding carboxylic acids is 2. The van der Waals surface area contributed by atoms with Gasteiger partial charge in [-0.2, -0.15) is 0 Å². The van der Waals surface area contributed by atoms with Gasteiger partial charge in [-0.1, -0.05) is 30.4 Å². The molecule has 6 rings (SSSR count). The number of anilines is 1. The highest BCUT2D eigenvalue weighted by Crippen LogP contribution is 2.38. The first-order chi connectivity index (χ1) is 20.8. The average molecular weight is 588 g/mol. The number of hydrogen-bond acceptors (Lipinski definition) is 4. The van der Waals surface area contributed by atoms with E-state index < -0.39 is 29.6 Å². The maximum atomic E-state index is 15.7. The van der Waals surface area contributed by atoms with Crippen LogP contribution in [0.3, 0.4) is 0 Å². The Kier molecular flexibility index (Phi) is 8.48. The summed E-state index contributed by atoms with van der Waals surface area (Å²) >= 11 is 0. The van der Waals surface area contributed by atoms with Gasteiger partial charge in [0, 0.05) is 43.8 Å². The van der Waals surface area contributed by atoms with Crippen molar-refractivity contribution in [2.24, 2.45) is 11.8 Å². The van der Waals surface area contributed by atoms with E-state index in [1.54, 1.807) is 30.0 Å². The molecule has 2 aliphatic carbocycles. The van der Waals surface area contributed by atoms with Crippen molar-refractivity contribution in [3.8, 4) is 0 Å². The highest BCUT2D eigenvalue weighted by molar-refractivity contribution is 5.98. The second-order valence-electron chi connectivity index (χ2n) is 12.2. The first-order valence-corrected chi connectivity index (χ1v) is 15.4. The van der Waals surface area contributed by atoms with Crippen LogP contribution in [-0.2, 0) is 16.0 Å². The number of rotatable bonds is 6. The molecule has 226 valence electrons. The second kappa shape index (κ2) is 12.4. The van der Waals surface area contributed by atoms with Gasteiger partial charge in [0.15, 0.2) is 0 Å². The van der Waals surface area contributed by atoms with Crippen LogP contribution < -0.4 is 10.6 Å². The Morgan fingerprint density at radius 3 is 2.63 bits per heavy atom. The number of aryl methyl sites for hydroxylation is 1. The number of allylic oxidation sites excluding steroid dienone is 4. The molecule has 0 bridgehead atoms. The SMILES string of the molecule is CC1=CCc2ccc(NC(=O)[C@H]3CCCN(C(=O)c4c(C)cccc4F)[C@H]3C3C=CC(NC4CCOCC4)=C(F)C3)cc21. The van der Waals surface area contributed by atoms with Crippen LogP contribution in [0.2, 0.25) is 0 Å². The predicted octanol–water partition coefficient (Wildman–Crippen LogP) is 6.48. The van der Waals surface area contributed by atoms with E-state index >= 15 is 8.78 Å². The number of likely N-dealkylation sites (tertiary alicyclic amines) is 1. The number of amides is 2. The van der Waals surface area contributed by atoms with Crippen molar-refractivity contribution in [1.29, 1.82) is 0 Å². The maximum absolute atomic E-state index is 15.7. The Hall–Kier alpha value is -3.78. The van der Waals surface area contributed by atoms with E-state index in [4.69, 9.17) is 4.74 Å². The molecular formula is C35H39F2N3O3. The Bertz CT molecular complexity index is 1490. The number of piperidine rings is 1. The first kappa shape index (κ1) is 29.3. The van der Waals surface area contributed by atoms with Crippen LogP contribution >= 0.6 is 0 Å². The van der Waals surface area contributed by atoms with Gasteiger partial charge in [-0.15, -0.1) is 0 Å². The monoisotopic (exact) mass is 587 g/mol. The van der Waals surface area contributed by atoms with Crippen LogP contribution in [0.25, 0.3) is 5.57 Å². The van der Waals surface area contributed by atoms with Gasteiger partial charge in [-0.25, -0.2) is 8.78 Å². The van der Waals surface area contributed by atoms with E-state index in [1.807, 2.05) is 24.3 Å². The van der Waals surface area contributed by atoms with Crippen molar-refractivity contribution in [3.63, 3.8) is 0 Å². The smallest absolute Gasteiger partial charge is 0.257 e. The first-order valence-electron chi connectivity index (χ1n) is 15.4. The largest absolute Gasteiger partial charge is 0.381 e. The lowest BCUT2D eigenvalue weighted by Crippen LogP contribution is -2.55. The third-order valence-electron chi connectivity index (χ3n) is 9.39. The molecule has 0 spiro atoms. The van der Waals surface area contributed by atoms with Gasteiger partial charge in [0.1, 0.15) is 11.6 Å². The molecule has 2 heterocycles. The molecule has 2 aromatic carbocycles. The number of halogens is 2. The number of fused-ring (bicyclic) bond motifs is 1. The molecule has 4 aliphatic rings. The fourth-order valence-corrected chi connectivity index (χ4v) is 7.04. The van der Waals surface area contributed by atoms with Crippen LogP contribution in [0.5, 0.6) is 0 Å². The van der Waals surface area contributed by atoms with Gasteiger partial charge in [0.05, 0.1) is 23.2 Å². The summed E-state index contributed by atoms with van der Waals surface area (Å²) in [5, 5.41) is 6.42. The topological polar surface area (TPSA) is 70.7 Å². The highest BCUT2D eigenvalue weighted by Gasteiger charge is 2.44. The van der Waals surface area contributed by atoms with Crippen molar-refractivity contribution in [2.45, 2.75) is 64.5 Å². The van der Waals surface area contributed by atoms with Crippen molar-refractivity contribution in [1.82, 2.24) is 10.2 Å². The van der Waals surface area contributed by atoms with Gasteiger partial charge in [-0.05, 0) is 92.5 Å². The normalized spacial score (nSPS) is 24.0. The highest BCUT2D eigenvalue weighted by atomic mass is 19.1. The molecule has 3 atom stereocenters. The van der Waals surface area contributed by atoms with Crippen molar-refractivity contribution < 1.29 is 23.1 Å². The fourth-order valence-electron chi connectivity index (χ4n) is 7.04. The lowest BCUT2D eigenvalue weighted by atomic mass is 9.77. The summed E-state index contributed by atoms with van der Waals surface area (Å²) in [4.78, 5) is 29.6. The van der Waals surface area contributed by atoms with Crippen LogP contribution in [0.15, 0.2) is 66.2 Å².